The molecule has 0 aliphatic heterocycles. The summed E-state index contributed by atoms with van der Waals surface area (Å²) >= 11 is 0. The second kappa shape index (κ2) is 6.70. The van der Waals surface area contributed by atoms with Crippen molar-refractivity contribution >= 4 is 22.8 Å². The Hall–Kier alpha value is -2.21. The molecule has 0 radical (unpaired) electrons. The Bertz CT molecular complexity index is 705. The van der Waals surface area contributed by atoms with Gasteiger partial charge in [-0.25, -0.2) is 9.78 Å². The van der Waals surface area contributed by atoms with E-state index in [2.05, 4.69) is 4.98 Å². The number of benzene rings is 1. The first-order valence-corrected chi connectivity index (χ1v) is 7.29. The van der Waals surface area contributed by atoms with Gasteiger partial charge in [0.05, 0.1) is 11.0 Å². The highest BCUT2D eigenvalue weighted by Gasteiger charge is 2.23. The predicted molar refractivity (Wildman–Crippen MR) is 82.0 cm³/mol. The van der Waals surface area contributed by atoms with E-state index in [0.717, 1.165) is 0 Å². The number of nitrogens with zero attached hydrogens (tertiary/aromatic N) is 2. The van der Waals surface area contributed by atoms with E-state index in [1.807, 2.05) is 6.92 Å². The standard InChI is InChI=1S/C16H20N2O4/c1-4-12(16(20)21)18-13-7-6-10(14(19)5-2)8-11(13)17-15(18)9-22-3/h6-8,12H,4-5,9H2,1-3H3,(H,20,21). The minimum atomic E-state index is -0.909. The van der Waals surface area contributed by atoms with E-state index in [1.165, 1.54) is 7.11 Å². The van der Waals surface area contributed by atoms with Gasteiger partial charge in [0.1, 0.15) is 18.5 Å². The van der Waals surface area contributed by atoms with E-state index in [1.54, 1.807) is 29.7 Å². The summed E-state index contributed by atoms with van der Waals surface area (Å²) in [4.78, 5) is 27.8. The number of ketones is 1. The lowest BCUT2D eigenvalue weighted by Gasteiger charge is -2.16. The monoisotopic (exact) mass is 304 g/mol. The third-order valence-electron chi connectivity index (χ3n) is 3.66. The maximum Gasteiger partial charge on any atom is 0.326 e. The van der Waals surface area contributed by atoms with E-state index in [-0.39, 0.29) is 12.4 Å². The Morgan fingerprint density at radius 2 is 2.09 bits per heavy atom. The Balaban J connectivity index is 2.64. The maximum atomic E-state index is 11.8. The van der Waals surface area contributed by atoms with Crippen LogP contribution in [0.25, 0.3) is 11.0 Å². The van der Waals surface area contributed by atoms with Crippen molar-refractivity contribution in [2.75, 3.05) is 7.11 Å². The highest BCUT2D eigenvalue weighted by atomic mass is 16.5. The van der Waals surface area contributed by atoms with Crippen LogP contribution in [0, 0.1) is 0 Å². The molecule has 1 heterocycles. The van der Waals surface area contributed by atoms with Crippen molar-refractivity contribution in [3.05, 3.63) is 29.6 Å². The van der Waals surface area contributed by atoms with Crippen LogP contribution in [0.1, 0.15) is 48.9 Å². The van der Waals surface area contributed by atoms with Crippen molar-refractivity contribution < 1.29 is 19.4 Å². The molecular formula is C16H20N2O4. The number of carboxylic acids is 1. The van der Waals surface area contributed by atoms with Crippen molar-refractivity contribution in [3.8, 4) is 0 Å². The molecular weight excluding hydrogens is 284 g/mol. The molecule has 6 heteroatoms. The van der Waals surface area contributed by atoms with Crippen molar-refractivity contribution in [2.45, 2.75) is 39.3 Å². The molecule has 1 unspecified atom stereocenters. The van der Waals surface area contributed by atoms with Gasteiger partial charge in [0.15, 0.2) is 5.78 Å². The molecule has 1 N–H and O–H groups in total. The van der Waals surface area contributed by atoms with Crippen LogP contribution in [0.3, 0.4) is 0 Å². The molecule has 6 nitrogen and oxygen atoms in total. The topological polar surface area (TPSA) is 81.4 Å². The van der Waals surface area contributed by atoms with Crippen LogP contribution in [-0.2, 0) is 16.1 Å². The molecule has 0 spiro atoms. The van der Waals surface area contributed by atoms with Crippen LogP contribution in [0.15, 0.2) is 18.2 Å². The SMILES string of the molecule is CCC(=O)c1ccc2c(c1)nc(COC)n2C(CC)C(=O)O. The molecule has 0 amide bonds. The summed E-state index contributed by atoms with van der Waals surface area (Å²) in [5.74, 6) is -0.323. The summed E-state index contributed by atoms with van der Waals surface area (Å²) in [6.45, 7) is 3.84. The summed E-state index contributed by atoms with van der Waals surface area (Å²) in [5, 5.41) is 9.43. The molecule has 0 aliphatic rings. The number of hydrogen-bond acceptors (Lipinski definition) is 4. The van der Waals surface area contributed by atoms with Crippen LogP contribution in [-0.4, -0.2) is 33.5 Å². The fourth-order valence-corrected chi connectivity index (χ4v) is 2.57. The molecule has 118 valence electrons. The summed E-state index contributed by atoms with van der Waals surface area (Å²) < 4.78 is 6.81. The van der Waals surface area contributed by atoms with Crippen LogP contribution in [0.5, 0.6) is 0 Å². The predicted octanol–water partition coefficient (Wildman–Crippen LogP) is 2.81. The van der Waals surface area contributed by atoms with E-state index in [9.17, 15) is 14.7 Å². The first kappa shape index (κ1) is 16.2. The average Bonchev–Trinajstić information content (AvgIpc) is 2.85. The van der Waals surface area contributed by atoms with Gasteiger partial charge in [-0.2, -0.15) is 0 Å². The second-order valence-electron chi connectivity index (χ2n) is 5.07. The number of ether oxygens (including phenoxy) is 1. The number of rotatable bonds is 7. The number of carbonyl (C=O) groups excluding carboxylic acids is 1. The smallest absolute Gasteiger partial charge is 0.326 e. The molecule has 0 bridgehead atoms. The lowest BCUT2D eigenvalue weighted by molar-refractivity contribution is -0.141. The van der Waals surface area contributed by atoms with Gasteiger partial charge in [0.2, 0.25) is 0 Å². The summed E-state index contributed by atoms with van der Waals surface area (Å²) in [7, 11) is 1.54. The van der Waals surface area contributed by atoms with Crippen molar-refractivity contribution in [3.63, 3.8) is 0 Å². The number of fused-ring (bicyclic) bond motifs is 1. The molecule has 2 rings (SSSR count). The van der Waals surface area contributed by atoms with Gasteiger partial charge in [-0.15, -0.1) is 0 Å². The van der Waals surface area contributed by atoms with Gasteiger partial charge in [-0.05, 0) is 24.6 Å². The van der Waals surface area contributed by atoms with Crippen LogP contribution >= 0.6 is 0 Å². The first-order valence-electron chi connectivity index (χ1n) is 7.29. The molecule has 0 saturated carbocycles. The summed E-state index contributed by atoms with van der Waals surface area (Å²) in [5.41, 5.74) is 1.91. The lowest BCUT2D eigenvalue weighted by Crippen LogP contribution is -2.20. The summed E-state index contributed by atoms with van der Waals surface area (Å²) in [6, 6.07) is 4.49. The minimum Gasteiger partial charge on any atom is -0.480 e. The molecule has 2 aromatic rings. The van der Waals surface area contributed by atoms with Gasteiger partial charge in [-0.1, -0.05) is 13.8 Å². The molecule has 22 heavy (non-hydrogen) atoms. The number of aromatic nitrogens is 2. The van der Waals surface area contributed by atoms with Crippen LogP contribution in [0.4, 0.5) is 0 Å². The van der Waals surface area contributed by atoms with Crippen molar-refractivity contribution in [1.29, 1.82) is 0 Å². The van der Waals surface area contributed by atoms with Gasteiger partial charge in [-0.3, -0.25) is 4.79 Å². The maximum absolute atomic E-state index is 11.8. The number of imidazole rings is 1. The second-order valence-corrected chi connectivity index (χ2v) is 5.07. The largest absolute Gasteiger partial charge is 0.480 e. The minimum absolute atomic E-state index is 0.0371. The number of methoxy groups -OCH3 is 1. The highest BCUT2D eigenvalue weighted by Crippen LogP contribution is 2.25. The molecule has 1 atom stereocenters. The van der Waals surface area contributed by atoms with E-state index < -0.39 is 12.0 Å². The lowest BCUT2D eigenvalue weighted by atomic mass is 10.1. The van der Waals surface area contributed by atoms with Crippen molar-refractivity contribution in [2.24, 2.45) is 0 Å². The van der Waals surface area contributed by atoms with Gasteiger partial charge >= 0.3 is 5.97 Å². The number of Topliss-reactive ketones (excluding diaryl/α,β-unsaturated/α-hetero) is 1. The first-order chi connectivity index (χ1) is 10.5. The number of carbonyl (C=O) groups is 2. The molecule has 1 aromatic carbocycles. The van der Waals surface area contributed by atoms with Gasteiger partial charge in [0.25, 0.3) is 0 Å². The molecule has 0 aliphatic carbocycles. The third-order valence-corrected chi connectivity index (χ3v) is 3.66. The highest BCUT2D eigenvalue weighted by molar-refractivity contribution is 5.98. The fraction of sp³-hybridized carbons (Fsp3) is 0.438. The van der Waals surface area contributed by atoms with Crippen LogP contribution < -0.4 is 0 Å². The summed E-state index contributed by atoms with van der Waals surface area (Å²) in [6.07, 6.45) is 0.858. The zero-order valence-corrected chi connectivity index (χ0v) is 13.0. The average molecular weight is 304 g/mol. The number of aliphatic carboxylic acids is 1. The third kappa shape index (κ3) is 2.87. The fourth-order valence-electron chi connectivity index (χ4n) is 2.57. The quantitative estimate of drug-likeness (QED) is 0.795. The molecule has 0 fully saturated rings. The zero-order valence-electron chi connectivity index (χ0n) is 13.0. The Kier molecular flexibility index (Phi) is 4.92. The molecule has 0 saturated heterocycles. The zero-order chi connectivity index (χ0) is 16.3. The van der Waals surface area contributed by atoms with Gasteiger partial charge < -0.3 is 14.4 Å². The van der Waals surface area contributed by atoms with E-state index >= 15 is 0 Å². The Labute approximate surface area is 128 Å². The Morgan fingerprint density at radius 1 is 1.36 bits per heavy atom. The Morgan fingerprint density at radius 3 is 2.64 bits per heavy atom. The van der Waals surface area contributed by atoms with E-state index in [0.29, 0.717) is 35.3 Å². The number of hydrogen-bond donors (Lipinski definition) is 1. The molecule has 1 aromatic heterocycles. The van der Waals surface area contributed by atoms with Crippen molar-refractivity contribution in [1.82, 2.24) is 9.55 Å². The number of carboxylic acid groups (broad SMARTS) is 1. The van der Waals surface area contributed by atoms with Gasteiger partial charge in [0, 0.05) is 19.1 Å². The van der Waals surface area contributed by atoms with Crippen LogP contribution in [0.2, 0.25) is 0 Å². The normalized spacial score (nSPS) is 12.5. The van der Waals surface area contributed by atoms with E-state index in [4.69, 9.17) is 4.74 Å².